The molecule has 94 valence electrons. The van der Waals surface area contributed by atoms with Crippen molar-refractivity contribution in [3.63, 3.8) is 0 Å². The van der Waals surface area contributed by atoms with Crippen LogP contribution in [0.4, 0.5) is 0 Å². The number of esters is 1. The summed E-state index contributed by atoms with van der Waals surface area (Å²) in [5.41, 5.74) is -0.631. The first kappa shape index (κ1) is 13.4. The van der Waals surface area contributed by atoms with Crippen molar-refractivity contribution in [3.8, 4) is 0 Å². The van der Waals surface area contributed by atoms with E-state index < -0.39 is 36.0 Å². The lowest BCUT2D eigenvalue weighted by Crippen LogP contribution is -2.48. The van der Waals surface area contributed by atoms with Gasteiger partial charge in [-0.15, -0.1) is 0 Å². The summed E-state index contributed by atoms with van der Waals surface area (Å²) >= 11 is 0. The van der Waals surface area contributed by atoms with Crippen molar-refractivity contribution in [3.05, 3.63) is 0 Å². The van der Waals surface area contributed by atoms with E-state index in [-0.39, 0.29) is 6.42 Å². The maximum atomic E-state index is 11.6. The normalized spacial score (nSPS) is 35.9. The van der Waals surface area contributed by atoms with E-state index in [1.165, 1.54) is 0 Å². The molecule has 1 heterocycles. The van der Waals surface area contributed by atoms with Crippen molar-refractivity contribution in [2.45, 2.75) is 58.7 Å². The third-order valence-electron chi connectivity index (χ3n) is 2.56. The highest BCUT2D eigenvalue weighted by Gasteiger charge is 2.38. The lowest BCUT2D eigenvalue weighted by molar-refractivity contribution is -0.251. The molecule has 0 saturated carbocycles. The Bertz CT molecular complexity index is 258. The van der Waals surface area contributed by atoms with Gasteiger partial charge in [-0.2, -0.15) is 0 Å². The maximum Gasteiger partial charge on any atom is 0.311 e. The average Bonchev–Trinajstić information content (AvgIpc) is 2.12. The Hall–Kier alpha value is -0.650. The first-order valence-corrected chi connectivity index (χ1v) is 5.44. The molecule has 1 saturated heterocycles. The fourth-order valence-electron chi connectivity index (χ4n) is 1.36. The van der Waals surface area contributed by atoms with E-state index >= 15 is 0 Å². The molecule has 0 radical (unpaired) electrons. The summed E-state index contributed by atoms with van der Waals surface area (Å²) in [6.45, 7) is 6.84. The number of rotatable bonds is 1. The van der Waals surface area contributed by atoms with Crippen LogP contribution in [0.25, 0.3) is 0 Å². The number of hydrogen-bond donors (Lipinski definition) is 2. The SMILES string of the molecule is C[C@H]1O[C@H](O)[C@H](OC(=O)C(C)(C)C)C[C@@H]1O. The van der Waals surface area contributed by atoms with Crippen LogP contribution in [0.3, 0.4) is 0 Å². The number of aliphatic hydroxyl groups is 2. The number of carbonyl (C=O) groups excluding carboxylic acids is 1. The second-order valence-corrected chi connectivity index (χ2v) is 5.23. The van der Waals surface area contributed by atoms with Gasteiger partial charge in [-0.05, 0) is 27.7 Å². The second-order valence-electron chi connectivity index (χ2n) is 5.23. The molecule has 0 amide bonds. The van der Waals surface area contributed by atoms with Crippen molar-refractivity contribution < 1.29 is 24.5 Å². The van der Waals surface area contributed by atoms with Crippen molar-refractivity contribution in [2.75, 3.05) is 0 Å². The van der Waals surface area contributed by atoms with Crippen LogP contribution in [-0.4, -0.2) is 40.8 Å². The Kier molecular flexibility index (Phi) is 3.93. The van der Waals surface area contributed by atoms with Crippen LogP contribution in [0.15, 0.2) is 0 Å². The van der Waals surface area contributed by atoms with E-state index in [1.807, 2.05) is 0 Å². The van der Waals surface area contributed by atoms with Crippen LogP contribution >= 0.6 is 0 Å². The summed E-state index contributed by atoms with van der Waals surface area (Å²) in [5.74, 6) is -0.415. The highest BCUT2D eigenvalue weighted by Crippen LogP contribution is 2.24. The molecule has 0 aromatic rings. The van der Waals surface area contributed by atoms with Gasteiger partial charge in [0.1, 0.15) is 0 Å². The summed E-state index contributed by atoms with van der Waals surface area (Å²) in [6, 6.07) is 0. The summed E-state index contributed by atoms with van der Waals surface area (Å²) in [6.07, 6.45) is -2.92. The number of aliphatic hydroxyl groups excluding tert-OH is 2. The fraction of sp³-hybridized carbons (Fsp3) is 0.909. The number of carbonyl (C=O) groups is 1. The largest absolute Gasteiger partial charge is 0.456 e. The molecular weight excluding hydrogens is 212 g/mol. The topological polar surface area (TPSA) is 76.0 Å². The molecular formula is C11H20O5. The molecule has 0 aromatic carbocycles. The molecule has 1 aliphatic heterocycles. The van der Waals surface area contributed by atoms with Gasteiger partial charge in [0.15, 0.2) is 12.4 Å². The number of hydrogen-bond acceptors (Lipinski definition) is 5. The Labute approximate surface area is 95.4 Å². The standard InChI is InChI=1S/C11H20O5/c1-6-7(12)5-8(9(13)15-6)16-10(14)11(2,3)4/h6-9,12-13H,5H2,1-4H3/t6-,7+,8-,9+/m1/s1. The monoisotopic (exact) mass is 232 g/mol. The Balaban J connectivity index is 2.58. The molecule has 5 heteroatoms. The van der Waals surface area contributed by atoms with Crippen LogP contribution in [0, 0.1) is 5.41 Å². The van der Waals surface area contributed by atoms with Gasteiger partial charge in [-0.3, -0.25) is 4.79 Å². The van der Waals surface area contributed by atoms with E-state index in [0.717, 1.165) is 0 Å². The molecule has 16 heavy (non-hydrogen) atoms. The maximum absolute atomic E-state index is 11.6. The van der Waals surface area contributed by atoms with Gasteiger partial charge in [0.25, 0.3) is 0 Å². The second kappa shape index (κ2) is 4.69. The molecule has 5 nitrogen and oxygen atoms in total. The predicted molar refractivity (Wildman–Crippen MR) is 56.5 cm³/mol. The van der Waals surface area contributed by atoms with E-state index in [2.05, 4.69) is 0 Å². The minimum atomic E-state index is -1.16. The third kappa shape index (κ3) is 3.17. The van der Waals surface area contributed by atoms with Crippen LogP contribution in [0.1, 0.15) is 34.1 Å². The van der Waals surface area contributed by atoms with Crippen molar-refractivity contribution in [1.29, 1.82) is 0 Å². The lowest BCUT2D eigenvalue weighted by Gasteiger charge is -2.35. The van der Waals surface area contributed by atoms with Gasteiger partial charge in [0.05, 0.1) is 17.6 Å². The van der Waals surface area contributed by atoms with Gasteiger partial charge in [0.2, 0.25) is 0 Å². The van der Waals surface area contributed by atoms with E-state index in [4.69, 9.17) is 9.47 Å². The van der Waals surface area contributed by atoms with Crippen LogP contribution in [0.5, 0.6) is 0 Å². The van der Waals surface area contributed by atoms with Crippen LogP contribution in [-0.2, 0) is 14.3 Å². The Morgan fingerprint density at radius 1 is 1.38 bits per heavy atom. The van der Waals surface area contributed by atoms with Gasteiger partial charge in [0, 0.05) is 6.42 Å². The summed E-state index contributed by atoms with van der Waals surface area (Å²) in [7, 11) is 0. The Morgan fingerprint density at radius 2 is 1.94 bits per heavy atom. The first-order valence-electron chi connectivity index (χ1n) is 5.44. The molecule has 0 aliphatic carbocycles. The summed E-state index contributed by atoms with van der Waals surface area (Å²) < 4.78 is 10.2. The molecule has 2 N–H and O–H groups in total. The van der Waals surface area contributed by atoms with Gasteiger partial charge in [-0.25, -0.2) is 0 Å². The van der Waals surface area contributed by atoms with Crippen LogP contribution in [0.2, 0.25) is 0 Å². The fourth-order valence-corrected chi connectivity index (χ4v) is 1.36. The molecule has 0 unspecified atom stereocenters. The molecule has 0 aromatic heterocycles. The van der Waals surface area contributed by atoms with Crippen LogP contribution < -0.4 is 0 Å². The lowest BCUT2D eigenvalue weighted by atomic mass is 9.96. The first-order chi connectivity index (χ1) is 7.21. The zero-order valence-corrected chi connectivity index (χ0v) is 10.1. The molecule has 1 aliphatic rings. The van der Waals surface area contributed by atoms with E-state index in [0.29, 0.717) is 0 Å². The quantitative estimate of drug-likeness (QED) is 0.641. The van der Waals surface area contributed by atoms with Gasteiger partial charge < -0.3 is 19.7 Å². The van der Waals surface area contributed by atoms with Gasteiger partial charge in [-0.1, -0.05) is 0 Å². The third-order valence-corrected chi connectivity index (χ3v) is 2.56. The van der Waals surface area contributed by atoms with Crippen molar-refractivity contribution in [2.24, 2.45) is 5.41 Å². The van der Waals surface area contributed by atoms with Gasteiger partial charge >= 0.3 is 5.97 Å². The molecule has 4 atom stereocenters. The van der Waals surface area contributed by atoms with Crippen molar-refractivity contribution >= 4 is 5.97 Å². The molecule has 0 spiro atoms. The zero-order valence-electron chi connectivity index (χ0n) is 10.1. The molecule has 1 fully saturated rings. The summed E-state index contributed by atoms with van der Waals surface area (Å²) in [4.78, 5) is 11.6. The van der Waals surface area contributed by atoms with Crippen molar-refractivity contribution in [1.82, 2.24) is 0 Å². The average molecular weight is 232 g/mol. The van der Waals surface area contributed by atoms with E-state index in [9.17, 15) is 15.0 Å². The smallest absolute Gasteiger partial charge is 0.311 e. The highest BCUT2D eigenvalue weighted by atomic mass is 16.7. The molecule has 1 rings (SSSR count). The minimum Gasteiger partial charge on any atom is -0.456 e. The minimum absolute atomic E-state index is 0.199. The highest BCUT2D eigenvalue weighted by molar-refractivity contribution is 5.75. The summed E-state index contributed by atoms with van der Waals surface area (Å²) in [5, 5.41) is 19.1. The molecule has 0 bridgehead atoms. The number of ether oxygens (including phenoxy) is 2. The predicted octanol–water partition coefficient (Wildman–Crippen LogP) is 0.432. The Morgan fingerprint density at radius 3 is 2.44 bits per heavy atom. The zero-order chi connectivity index (χ0) is 12.5. The van der Waals surface area contributed by atoms with E-state index in [1.54, 1.807) is 27.7 Å².